The summed E-state index contributed by atoms with van der Waals surface area (Å²) in [5.41, 5.74) is 7.10. The Labute approximate surface area is 176 Å². The van der Waals surface area contributed by atoms with Crippen LogP contribution in [0.1, 0.15) is 51.6 Å². The Morgan fingerprint density at radius 3 is 2.13 bits per heavy atom. The van der Waals surface area contributed by atoms with Gasteiger partial charge in [-0.15, -0.1) is 0 Å². The van der Waals surface area contributed by atoms with Crippen LogP contribution in [0.5, 0.6) is 0 Å². The summed E-state index contributed by atoms with van der Waals surface area (Å²) in [4.78, 5) is 24.9. The summed E-state index contributed by atoms with van der Waals surface area (Å²) in [5, 5.41) is 7.18. The zero-order chi connectivity index (χ0) is 21.3. The number of amides is 2. The number of carbonyl (C=O) groups is 2. The van der Waals surface area contributed by atoms with Crippen LogP contribution in [0.15, 0.2) is 84.0 Å². The fourth-order valence-electron chi connectivity index (χ4n) is 3.05. The maximum Gasteiger partial charge on any atom is 0.271 e. The van der Waals surface area contributed by atoms with Crippen LogP contribution in [0.25, 0.3) is 0 Å². The molecular formula is C25H25N3O2. The largest absolute Gasteiger partial charge is 0.322 e. The third kappa shape index (κ3) is 5.41. The molecule has 3 rings (SSSR count). The molecule has 3 aromatic rings. The Balaban J connectivity index is 1.66. The Morgan fingerprint density at radius 2 is 1.47 bits per heavy atom. The molecule has 3 aromatic carbocycles. The average molecular weight is 399 g/mol. The van der Waals surface area contributed by atoms with Crippen molar-refractivity contribution in [2.24, 2.45) is 5.10 Å². The van der Waals surface area contributed by atoms with E-state index >= 15 is 0 Å². The number of hydrazone groups is 1. The minimum atomic E-state index is -0.295. The van der Waals surface area contributed by atoms with Crippen LogP contribution in [0.4, 0.5) is 5.69 Å². The lowest BCUT2D eigenvalue weighted by Gasteiger charge is -2.09. The van der Waals surface area contributed by atoms with E-state index in [0.717, 1.165) is 29.7 Å². The Morgan fingerprint density at radius 1 is 0.800 bits per heavy atom. The monoisotopic (exact) mass is 399 g/mol. The van der Waals surface area contributed by atoms with E-state index in [4.69, 9.17) is 0 Å². The van der Waals surface area contributed by atoms with Crippen LogP contribution in [-0.4, -0.2) is 17.5 Å². The fraction of sp³-hybridized carbons (Fsp3) is 0.160. The first-order chi connectivity index (χ1) is 14.6. The van der Waals surface area contributed by atoms with E-state index in [0.29, 0.717) is 16.8 Å². The molecule has 0 aliphatic carbocycles. The number of hydrogen-bond acceptors (Lipinski definition) is 3. The van der Waals surface area contributed by atoms with Gasteiger partial charge in [0.25, 0.3) is 11.8 Å². The van der Waals surface area contributed by atoms with Gasteiger partial charge in [0.15, 0.2) is 0 Å². The quantitative estimate of drug-likeness (QED) is 0.424. The molecule has 0 heterocycles. The predicted octanol–water partition coefficient (Wildman–Crippen LogP) is 5.18. The highest BCUT2D eigenvalue weighted by molar-refractivity contribution is 6.05. The molecule has 0 saturated heterocycles. The fourth-order valence-corrected chi connectivity index (χ4v) is 3.05. The smallest absolute Gasteiger partial charge is 0.271 e. The van der Waals surface area contributed by atoms with E-state index in [2.05, 4.69) is 22.8 Å². The normalized spacial score (nSPS) is 11.1. The van der Waals surface area contributed by atoms with Crippen LogP contribution >= 0.6 is 0 Å². The molecule has 0 unspecified atom stereocenters. The minimum Gasteiger partial charge on any atom is -0.322 e. The average Bonchev–Trinajstić information content (AvgIpc) is 2.77. The maximum absolute atomic E-state index is 12.5. The first kappa shape index (κ1) is 21.0. The first-order valence-corrected chi connectivity index (χ1v) is 9.98. The lowest BCUT2D eigenvalue weighted by Crippen LogP contribution is -2.20. The number of hydrogen-bond donors (Lipinski definition) is 2. The number of nitrogens with one attached hydrogen (secondary N) is 2. The van der Waals surface area contributed by atoms with Crippen molar-refractivity contribution in [2.75, 3.05) is 5.32 Å². The lowest BCUT2D eigenvalue weighted by atomic mass is 10.1. The van der Waals surface area contributed by atoms with Crippen LogP contribution in [-0.2, 0) is 0 Å². The molecule has 30 heavy (non-hydrogen) atoms. The molecular weight excluding hydrogens is 374 g/mol. The summed E-state index contributed by atoms with van der Waals surface area (Å²) in [6.07, 6.45) is 1.70. The molecule has 0 atom stereocenters. The van der Waals surface area contributed by atoms with Gasteiger partial charge >= 0.3 is 0 Å². The summed E-state index contributed by atoms with van der Waals surface area (Å²) in [7, 11) is 0. The Bertz CT molecular complexity index is 1040. The third-order valence-corrected chi connectivity index (χ3v) is 4.68. The van der Waals surface area contributed by atoms with Crippen molar-refractivity contribution in [3.05, 3.63) is 101 Å². The van der Waals surface area contributed by atoms with Crippen molar-refractivity contribution in [1.29, 1.82) is 0 Å². The molecule has 0 fully saturated rings. The van der Waals surface area contributed by atoms with Crippen molar-refractivity contribution in [3.63, 3.8) is 0 Å². The number of anilines is 1. The second-order valence-electron chi connectivity index (χ2n) is 6.96. The van der Waals surface area contributed by atoms with Crippen molar-refractivity contribution < 1.29 is 9.59 Å². The van der Waals surface area contributed by atoms with Crippen molar-refractivity contribution in [1.82, 2.24) is 5.43 Å². The predicted molar refractivity (Wildman–Crippen MR) is 121 cm³/mol. The van der Waals surface area contributed by atoms with Crippen LogP contribution in [0.2, 0.25) is 0 Å². The molecule has 0 aromatic heterocycles. The second kappa shape index (κ2) is 10.2. The molecule has 5 heteroatoms. The number of aryl methyl sites for hydroxylation is 1. The van der Waals surface area contributed by atoms with Crippen LogP contribution < -0.4 is 10.7 Å². The van der Waals surface area contributed by atoms with Gasteiger partial charge in [-0.3, -0.25) is 9.59 Å². The maximum atomic E-state index is 12.5. The van der Waals surface area contributed by atoms with Gasteiger partial charge in [-0.05, 0) is 54.8 Å². The van der Waals surface area contributed by atoms with E-state index < -0.39 is 0 Å². The zero-order valence-corrected chi connectivity index (χ0v) is 17.2. The molecule has 152 valence electrons. The van der Waals surface area contributed by atoms with E-state index in [1.54, 1.807) is 30.3 Å². The lowest BCUT2D eigenvalue weighted by molar-refractivity contribution is 0.0954. The number of carbonyl (C=O) groups excluding carboxylic acids is 2. The molecule has 0 bridgehead atoms. The van der Waals surface area contributed by atoms with Crippen LogP contribution in [0, 0.1) is 6.92 Å². The Hall–Kier alpha value is -3.73. The topological polar surface area (TPSA) is 70.6 Å². The Kier molecular flexibility index (Phi) is 7.11. The highest BCUT2D eigenvalue weighted by Crippen LogP contribution is 2.14. The van der Waals surface area contributed by atoms with E-state index in [1.165, 1.54) is 0 Å². The van der Waals surface area contributed by atoms with Crippen molar-refractivity contribution in [2.45, 2.75) is 26.7 Å². The minimum absolute atomic E-state index is 0.179. The molecule has 0 aliphatic rings. The van der Waals surface area contributed by atoms with Gasteiger partial charge < -0.3 is 5.32 Å². The standard InChI is InChI=1S/C25H25N3O2/c1-3-9-23(19-11-5-4-6-12-19)27-28-24(29)20-14-16-21(17-15-20)26-25(30)22-13-8-7-10-18(22)2/h4-8,10-17H,3,9H2,1-2H3,(H,26,30)(H,28,29)/b27-23-. The summed E-state index contributed by atoms with van der Waals surface area (Å²) in [6, 6.07) is 24.0. The van der Waals surface area contributed by atoms with Crippen LogP contribution in [0.3, 0.4) is 0 Å². The summed E-state index contributed by atoms with van der Waals surface area (Å²) in [6.45, 7) is 3.97. The molecule has 0 aliphatic heterocycles. The highest BCUT2D eigenvalue weighted by atomic mass is 16.2. The number of rotatable bonds is 7. The number of benzene rings is 3. The van der Waals surface area contributed by atoms with Gasteiger partial charge in [0.05, 0.1) is 5.71 Å². The molecule has 0 spiro atoms. The zero-order valence-electron chi connectivity index (χ0n) is 17.2. The molecule has 0 saturated carbocycles. The van der Waals surface area contributed by atoms with Gasteiger partial charge in [-0.1, -0.05) is 61.9 Å². The number of nitrogens with zero attached hydrogens (tertiary/aromatic N) is 1. The molecule has 2 N–H and O–H groups in total. The van der Waals surface area contributed by atoms with Gasteiger partial charge in [-0.2, -0.15) is 5.10 Å². The van der Waals surface area contributed by atoms with E-state index in [9.17, 15) is 9.59 Å². The summed E-state index contributed by atoms with van der Waals surface area (Å²) in [5.74, 6) is -0.474. The first-order valence-electron chi connectivity index (χ1n) is 9.98. The van der Waals surface area contributed by atoms with Gasteiger partial charge in [0, 0.05) is 16.8 Å². The van der Waals surface area contributed by atoms with Gasteiger partial charge in [0.2, 0.25) is 0 Å². The third-order valence-electron chi connectivity index (χ3n) is 4.68. The summed E-state index contributed by atoms with van der Waals surface area (Å²) < 4.78 is 0. The van der Waals surface area contributed by atoms with Gasteiger partial charge in [-0.25, -0.2) is 5.43 Å². The van der Waals surface area contributed by atoms with Gasteiger partial charge in [0.1, 0.15) is 0 Å². The van der Waals surface area contributed by atoms with E-state index in [-0.39, 0.29) is 11.8 Å². The SMILES string of the molecule is CCC/C(=N/NC(=O)c1ccc(NC(=O)c2ccccc2C)cc1)c1ccccc1. The van der Waals surface area contributed by atoms with Crippen molar-refractivity contribution >= 4 is 23.2 Å². The summed E-state index contributed by atoms with van der Waals surface area (Å²) >= 11 is 0. The molecule has 2 amide bonds. The second-order valence-corrected chi connectivity index (χ2v) is 6.96. The van der Waals surface area contributed by atoms with Crippen molar-refractivity contribution in [3.8, 4) is 0 Å². The highest BCUT2D eigenvalue weighted by Gasteiger charge is 2.10. The molecule has 5 nitrogen and oxygen atoms in total. The molecule has 0 radical (unpaired) electrons. The van der Waals surface area contributed by atoms with E-state index in [1.807, 2.05) is 55.5 Å².